The van der Waals surface area contributed by atoms with Gasteiger partial charge in [0.05, 0.1) is 28.3 Å². The van der Waals surface area contributed by atoms with E-state index in [1.807, 2.05) is 33.0 Å². The molecular weight excluding hydrogens is 539 g/mol. The van der Waals surface area contributed by atoms with Gasteiger partial charge >= 0.3 is 0 Å². The summed E-state index contributed by atoms with van der Waals surface area (Å²) in [6, 6.07) is 13.5. The zero-order valence-electron chi connectivity index (χ0n) is 22.1. The topological polar surface area (TPSA) is 95.0 Å². The highest BCUT2D eigenvalue weighted by Gasteiger charge is 2.33. The van der Waals surface area contributed by atoms with E-state index in [9.17, 15) is 14.7 Å². The fourth-order valence-electron chi connectivity index (χ4n) is 4.55. The Kier molecular flexibility index (Phi) is 9.45. The van der Waals surface area contributed by atoms with Gasteiger partial charge < -0.3 is 20.1 Å². The van der Waals surface area contributed by atoms with E-state index in [2.05, 4.69) is 15.2 Å². The maximum Gasteiger partial charge on any atom is 0.258 e. The first-order valence-corrected chi connectivity index (χ1v) is 13.5. The van der Waals surface area contributed by atoms with Gasteiger partial charge in [-0.15, -0.1) is 0 Å². The number of rotatable bonds is 8. The Labute approximate surface area is 238 Å². The lowest BCUT2D eigenvalue weighted by Crippen LogP contribution is -2.49. The Morgan fingerprint density at radius 1 is 1.18 bits per heavy atom. The van der Waals surface area contributed by atoms with Crippen LogP contribution in [0.2, 0.25) is 10.0 Å². The van der Waals surface area contributed by atoms with E-state index in [-0.39, 0.29) is 30.4 Å². The van der Waals surface area contributed by atoms with E-state index in [1.54, 1.807) is 53.7 Å². The summed E-state index contributed by atoms with van der Waals surface area (Å²) < 4.78 is 6.46. The van der Waals surface area contributed by atoms with Crippen molar-refractivity contribution in [3.63, 3.8) is 0 Å². The quantitative estimate of drug-likeness (QED) is 0.396. The number of fused-ring (bicyclic) bond motifs is 1. The van der Waals surface area contributed by atoms with Crippen LogP contribution in [0.15, 0.2) is 60.9 Å². The van der Waals surface area contributed by atoms with Crippen molar-refractivity contribution in [1.29, 1.82) is 0 Å². The molecule has 3 aromatic rings. The predicted octanol–water partition coefficient (Wildman–Crippen LogP) is 4.99. The highest BCUT2D eigenvalue weighted by molar-refractivity contribution is 6.42. The van der Waals surface area contributed by atoms with E-state index >= 15 is 0 Å². The summed E-state index contributed by atoms with van der Waals surface area (Å²) in [4.78, 5) is 34.1. The number of carbonyl (C=O) groups excluding carboxylic acids is 2. The molecular formula is C29H32Cl2N4O4. The standard InChI is InChI=1S/C29H32Cl2N4O4/c1-18-14-35(19(2)17-36)29(38)23-13-22(33-28(37)21-8-10-32-11-9-21)5-7-26(23)39-27(18)16-34(3)15-20-4-6-24(30)25(31)12-20/h4-13,18-19,27,36H,14-17H2,1-3H3,(H,33,37)/t18-,19+,27-/m0/s1. The van der Waals surface area contributed by atoms with Crippen molar-refractivity contribution >= 4 is 40.7 Å². The van der Waals surface area contributed by atoms with Crippen LogP contribution < -0.4 is 10.1 Å². The van der Waals surface area contributed by atoms with E-state index in [0.717, 1.165) is 5.56 Å². The third-order valence-corrected chi connectivity index (χ3v) is 7.53. The number of benzene rings is 2. The average Bonchev–Trinajstić information content (AvgIpc) is 2.93. The average molecular weight is 572 g/mol. The molecule has 2 aromatic carbocycles. The van der Waals surface area contributed by atoms with Gasteiger partial charge in [-0.3, -0.25) is 19.5 Å². The summed E-state index contributed by atoms with van der Waals surface area (Å²) in [5, 5.41) is 13.8. The minimum absolute atomic E-state index is 0.0292. The minimum atomic E-state index is -0.393. The monoisotopic (exact) mass is 570 g/mol. The summed E-state index contributed by atoms with van der Waals surface area (Å²) in [6.45, 7) is 5.29. The van der Waals surface area contributed by atoms with Crippen LogP contribution in [0, 0.1) is 5.92 Å². The Morgan fingerprint density at radius 3 is 2.62 bits per heavy atom. The first-order valence-electron chi connectivity index (χ1n) is 12.7. The van der Waals surface area contributed by atoms with Crippen LogP contribution >= 0.6 is 23.2 Å². The maximum absolute atomic E-state index is 13.7. The molecule has 2 heterocycles. The van der Waals surface area contributed by atoms with Crippen LogP contribution in [0.25, 0.3) is 0 Å². The first kappa shape index (κ1) is 28.8. The number of anilines is 1. The molecule has 3 atom stereocenters. The number of hydrogen-bond acceptors (Lipinski definition) is 6. The Bertz CT molecular complexity index is 1320. The van der Waals surface area contributed by atoms with Crippen LogP contribution in [0.5, 0.6) is 5.75 Å². The SMILES string of the molecule is C[C@H](CO)N1C[C@H](C)[C@H](CN(C)Cc2ccc(Cl)c(Cl)c2)Oc2ccc(NC(=O)c3ccncc3)cc2C1=O. The summed E-state index contributed by atoms with van der Waals surface area (Å²) in [5.41, 5.74) is 2.26. The maximum atomic E-state index is 13.7. The fraction of sp³-hybridized carbons (Fsp3) is 0.345. The predicted molar refractivity (Wildman–Crippen MR) is 153 cm³/mol. The summed E-state index contributed by atoms with van der Waals surface area (Å²) in [5.74, 6) is -0.177. The smallest absolute Gasteiger partial charge is 0.258 e. The molecule has 39 heavy (non-hydrogen) atoms. The lowest BCUT2D eigenvalue weighted by atomic mass is 9.99. The lowest BCUT2D eigenvalue weighted by Gasteiger charge is -2.38. The molecule has 0 saturated heterocycles. The number of hydrogen-bond donors (Lipinski definition) is 2. The normalized spacial score (nSPS) is 18.1. The zero-order valence-corrected chi connectivity index (χ0v) is 23.6. The van der Waals surface area contributed by atoms with Gasteiger partial charge in [0.1, 0.15) is 11.9 Å². The van der Waals surface area contributed by atoms with Crippen molar-refractivity contribution in [3.8, 4) is 5.75 Å². The molecule has 1 aliphatic rings. The Morgan fingerprint density at radius 2 is 1.92 bits per heavy atom. The molecule has 1 aliphatic heterocycles. The number of aliphatic hydroxyl groups is 1. The van der Waals surface area contributed by atoms with E-state index in [4.69, 9.17) is 27.9 Å². The molecule has 0 bridgehead atoms. The second-order valence-corrected chi connectivity index (χ2v) is 10.8. The third-order valence-electron chi connectivity index (χ3n) is 6.79. The number of amides is 2. The van der Waals surface area contributed by atoms with Gasteiger partial charge in [0.15, 0.2) is 0 Å². The summed E-state index contributed by atoms with van der Waals surface area (Å²) in [7, 11) is 2.00. The third kappa shape index (κ3) is 7.08. The van der Waals surface area contributed by atoms with Gasteiger partial charge in [0.25, 0.3) is 11.8 Å². The first-order chi connectivity index (χ1) is 18.7. The molecule has 0 saturated carbocycles. The number of likely N-dealkylation sites (N-methyl/N-ethyl adjacent to an activating group) is 1. The van der Waals surface area contributed by atoms with Gasteiger partial charge in [-0.05, 0) is 62.0 Å². The van der Waals surface area contributed by atoms with Crippen molar-refractivity contribution in [3.05, 3.63) is 87.7 Å². The number of pyridine rings is 1. The second-order valence-electron chi connectivity index (χ2n) is 9.97. The van der Waals surface area contributed by atoms with Crippen molar-refractivity contribution in [2.75, 3.05) is 32.1 Å². The summed E-state index contributed by atoms with van der Waals surface area (Å²) in [6.07, 6.45) is 2.83. The van der Waals surface area contributed by atoms with Gasteiger partial charge in [0, 0.05) is 49.2 Å². The number of ether oxygens (including phenoxy) is 1. The summed E-state index contributed by atoms with van der Waals surface area (Å²) >= 11 is 12.3. The minimum Gasteiger partial charge on any atom is -0.488 e. The molecule has 0 fully saturated rings. The van der Waals surface area contributed by atoms with Crippen LogP contribution in [-0.2, 0) is 6.54 Å². The Balaban J connectivity index is 1.59. The molecule has 0 unspecified atom stereocenters. The van der Waals surface area contributed by atoms with E-state index in [1.165, 1.54) is 0 Å². The van der Waals surface area contributed by atoms with Crippen LogP contribution in [0.1, 0.15) is 40.1 Å². The molecule has 1 aromatic heterocycles. The van der Waals surface area contributed by atoms with E-state index in [0.29, 0.717) is 52.2 Å². The van der Waals surface area contributed by atoms with Crippen molar-refractivity contribution in [2.24, 2.45) is 5.92 Å². The highest BCUT2D eigenvalue weighted by Crippen LogP contribution is 2.31. The highest BCUT2D eigenvalue weighted by atomic mass is 35.5. The van der Waals surface area contributed by atoms with Gasteiger partial charge in [-0.1, -0.05) is 36.2 Å². The molecule has 2 N–H and O–H groups in total. The molecule has 0 spiro atoms. The van der Waals surface area contributed by atoms with Crippen LogP contribution in [-0.4, -0.2) is 70.6 Å². The van der Waals surface area contributed by atoms with Gasteiger partial charge in [-0.25, -0.2) is 0 Å². The second kappa shape index (κ2) is 12.8. The largest absolute Gasteiger partial charge is 0.488 e. The molecule has 10 heteroatoms. The number of aliphatic hydroxyl groups excluding tert-OH is 1. The van der Waals surface area contributed by atoms with Crippen molar-refractivity contribution in [1.82, 2.24) is 14.8 Å². The number of aromatic nitrogens is 1. The molecule has 0 radical (unpaired) electrons. The molecule has 0 aliphatic carbocycles. The van der Waals surface area contributed by atoms with Crippen LogP contribution in [0.4, 0.5) is 5.69 Å². The fourth-order valence-corrected chi connectivity index (χ4v) is 4.87. The zero-order chi connectivity index (χ0) is 28.1. The van der Waals surface area contributed by atoms with Crippen molar-refractivity contribution in [2.45, 2.75) is 32.5 Å². The molecule has 4 rings (SSSR count). The van der Waals surface area contributed by atoms with Crippen molar-refractivity contribution < 1.29 is 19.4 Å². The molecule has 206 valence electrons. The van der Waals surface area contributed by atoms with Gasteiger partial charge in [0.2, 0.25) is 0 Å². The number of halogens is 2. The lowest BCUT2D eigenvalue weighted by molar-refractivity contribution is 0.0341. The molecule has 8 nitrogen and oxygen atoms in total. The number of carbonyl (C=O) groups is 2. The number of nitrogens with one attached hydrogen (secondary N) is 1. The van der Waals surface area contributed by atoms with Crippen LogP contribution in [0.3, 0.4) is 0 Å². The number of nitrogens with zero attached hydrogens (tertiary/aromatic N) is 3. The Hall–Kier alpha value is -3.17. The van der Waals surface area contributed by atoms with Gasteiger partial charge in [-0.2, -0.15) is 0 Å². The van der Waals surface area contributed by atoms with E-state index < -0.39 is 6.04 Å². The molecule has 2 amide bonds.